The van der Waals surface area contributed by atoms with Crippen LogP contribution in [0, 0.1) is 0 Å². The Balaban J connectivity index is 1.34. The molecule has 0 bridgehead atoms. The second kappa shape index (κ2) is 6.84. The van der Waals surface area contributed by atoms with Gasteiger partial charge in [-0.25, -0.2) is 19.0 Å². The van der Waals surface area contributed by atoms with E-state index in [0.717, 1.165) is 11.5 Å². The van der Waals surface area contributed by atoms with Crippen molar-refractivity contribution in [3.8, 4) is 11.6 Å². The van der Waals surface area contributed by atoms with E-state index in [4.69, 9.17) is 4.74 Å². The van der Waals surface area contributed by atoms with Crippen LogP contribution in [0.15, 0.2) is 42.9 Å². The first-order valence-electron chi connectivity index (χ1n) is 9.38. The maximum atomic E-state index is 13.4. The molecule has 1 saturated heterocycles. The predicted molar refractivity (Wildman–Crippen MR) is 104 cm³/mol. The van der Waals surface area contributed by atoms with Crippen LogP contribution in [-0.2, 0) is 6.54 Å². The van der Waals surface area contributed by atoms with Gasteiger partial charge in [0.2, 0.25) is 5.88 Å². The average Bonchev–Trinajstić information content (AvgIpc) is 3.45. The van der Waals surface area contributed by atoms with Crippen molar-refractivity contribution < 1.29 is 13.9 Å². The van der Waals surface area contributed by atoms with E-state index in [9.17, 15) is 9.18 Å². The molecule has 5 heterocycles. The molecule has 1 fully saturated rings. The van der Waals surface area contributed by atoms with Gasteiger partial charge in [-0.2, -0.15) is 5.10 Å². The van der Waals surface area contributed by atoms with Crippen LogP contribution in [0.4, 0.5) is 15.9 Å². The molecule has 2 aliphatic rings. The van der Waals surface area contributed by atoms with Crippen LogP contribution in [-0.4, -0.2) is 52.0 Å². The molecule has 0 aliphatic carbocycles. The molecule has 0 spiro atoms. The quantitative estimate of drug-likeness (QED) is 0.676. The molecule has 1 atom stereocenters. The van der Waals surface area contributed by atoms with Gasteiger partial charge in [-0.05, 0) is 24.6 Å². The molecule has 1 amide bonds. The molecule has 3 aromatic heterocycles. The van der Waals surface area contributed by atoms with Crippen molar-refractivity contribution in [2.24, 2.45) is 0 Å². The normalized spacial score (nSPS) is 18.4. The second-order valence-electron chi connectivity index (χ2n) is 7.09. The Bertz CT molecular complexity index is 1050. The zero-order valence-electron chi connectivity index (χ0n) is 15.8. The zero-order valence-corrected chi connectivity index (χ0v) is 15.8. The molecular formula is C20H19FN6O2. The van der Waals surface area contributed by atoms with E-state index < -0.39 is 6.17 Å². The highest BCUT2D eigenvalue weighted by Crippen LogP contribution is 2.29. The van der Waals surface area contributed by atoms with E-state index in [1.54, 1.807) is 47.4 Å². The number of hydrogen-bond acceptors (Lipinski definition) is 6. The summed E-state index contributed by atoms with van der Waals surface area (Å²) in [4.78, 5) is 25.0. The van der Waals surface area contributed by atoms with E-state index in [2.05, 4.69) is 15.1 Å². The van der Waals surface area contributed by atoms with Crippen molar-refractivity contribution in [2.75, 3.05) is 30.0 Å². The number of anilines is 2. The largest absolute Gasteiger partial charge is 0.481 e. The molecule has 0 N–H and O–H groups in total. The van der Waals surface area contributed by atoms with Crippen molar-refractivity contribution in [3.63, 3.8) is 0 Å². The van der Waals surface area contributed by atoms with Crippen LogP contribution < -0.4 is 14.5 Å². The molecule has 8 nitrogen and oxygen atoms in total. The van der Waals surface area contributed by atoms with Gasteiger partial charge in [-0.1, -0.05) is 0 Å². The van der Waals surface area contributed by atoms with Gasteiger partial charge in [-0.3, -0.25) is 4.79 Å². The number of halogens is 1. The van der Waals surface area contributed by atoms with Gasteiger partial charge in [0.25, 0.3) is 5.91 Å². The van der Waals surface area contributed by atoms with Crippen molar-refractivity contribution >= 4 is 17.4 Å². The molecular weight excluding hydrogens is 375 g/mol. The molecule has 148 valence electrons. The van der Waals surface area contributed by atoms with Crippen LogP contribution in [0.2, 0.25) is 0 Å². The van der Waals surface area contributed by atoms with Crippen LogP contribution in [0.1, 0.15) is 22.5 Å². The Morgan fingerprint density at radius 2 is 1.97 bits per heavy atom. The number of methoxy groups -OCH3 is 1. The number of pyridine rings is 2. The zero-order chi connectivity index (χ0) is 20.0. The number of aromatic nitrogens is 4. The molecule has 5 rings (SSSR count). The molecule has 0 radical (unpaired) electrons. The van der Waals surface area contributed by atoms with Crippen molar-refractivity contribution in [1.82, 2.24) is 19.7 Å². The highest BCUT2D eigenvalue weighted by Gasteiger charge is 2.32. The Kier molecular flexibility index (Phi) is 4.15. The summed E-state index contributed by atoms with van der Waals surface area (Å²) in [6, 6.07) is 7.26. The monoisotopic (exact) mass is 394 g/mol. The van der Waals surface area contributed by atoms with Gasteiger partial charge >= 0.3 is 0 Å². The number of hydrogen-bond donors (Lipinski definition) is 0. The minimum absolute atomic E-state index is 0.117. The molecule has 9 heteroatoms. The number of amides is 1. The fourth-order valence-corrected chi connectivity index (χ4v) is 3.69. The third-order valence-corrected chi connectivity index (χ3v) is 5.27. The number of rotatable bonds is 4. The number of alkyl halides is 1. The molecule has 0 aromatic carbocycles. The Morgan fingerprint density at radius 1 is 1.14 bits per heavy atom. The summed E-state index contributed by atoms with van der Waals surface area (Å²) in [7, 11) is 1.55. The number of ether oxygens (including phenoxy) is 1. The Morgan fingerprint density at radius 3 is 2.59 bits per heavy atom. The van der Waals surface area contributed by atoms with Gasteiger partial charge < -0.3 is 14.5 Å². The van der Waals surface area contributed by atoms with Gasteiger partial charge in [-0.15, -0.1) is 0 Å². The van der Waals surface area contributed by atoms with Gasteiger partial charge in [0.05, 0.1) is 55.2 Å². The molecule has 0 saturated carbocycles. The smallest absolute Gasteiger partial charge is 0.262 e. The molecule has 3 aromatic rings. The van der Waals surface area contributed by atoms with E-state index >= 15 is 0 Å². The summed E-state index contributed by atoms with van der Waals surface area (Å²) in [5.41, 5.74) is 2.71. The summed E-state index contributed by atoms with van der Waals surface area (Å²) < 4.78 is 20.1. The van der Waals surface area contributed by atoms with Gasteiger partial charge in [0.15, 0.2) is 0 Å². The van der Waals surface area contributed by atoms with Crippen molar-refractivity contribution in [1.29, 1.82) is 0 Å². The highest BCUT2D eigenvalue weighted by atomic mass is 19.1. The lowest BCUT2D eigenvalue weighted by Gasteiger charge is -2.17. The highest BCUT2D eigenvalue weighted by molar-refractivity contribution is 6.09. The van der Waals surface area contributed by atoms with Crippen LogP contribution in [0.25, 0.3) is 5.69 Å². The lowest BCUT2D eigenvalue weighted by atomic mass is 10.3. The van der Waals surface area contributed by atoms with Gasteiger partial charge in [0.1, 0.15) is 12.0 Å². The third kappa shape index (κ3) is 3.08. The molecule has 0 unspecified atom stereocenters. The predicted octanol–water partition coefficient (Wildman–Crippen LogP) is 2.38. The molecule has 2 aliphatic heterocycles. The van der Waals surface area contributed by atoms with Crippen LogP contribution >= 0.6 is 0 Å². The fourth-order valence-electron chi connectivity index (χ4n) is 3.69. The topological polar surface area (TPSA) is 76.4 Å². The van der Waals surface area contributed by atoms with E-state index in [1.165, 1.54) is 0 Å². The standard InChI is InChI=1S/C20H19FN6O2/c1-29-19-5-3-14(8-23-19)26-12-17-16(20(26)28)11-27(24-17)15-2-4-18(22-9-15)25-7-6-13(21)10-25/h2-5,8-9,11,13H,6-7,10,12H2,1H3/t13-/m1/s1. The summed E-state index contributed by atoms with van der Waals surface area (Å²) in [6.45, 7) is 1.44. The van der Waals surface area contributed by atoms with Crippen molar-refractivity contribution in [2.45, 2.75) is 19.1 Å². The van der Waals surface area contributed by atoms with Gasteiger partial charge in [0, 0.05) is 18.8 Å². The maximum absolute atomic E-state index is 13.4. The summed E-state index contributed by atoms with van der Waals surface area (Å²) in [6.07, 6.45) is 4.77. The number of nitrogens with zero attached hydrogens (tertiary/aromatic N) is 6. The second-order valence-corrected chi connectivity index (χ2v) is 7.09. The summed E-state index contributed by atoms with van der Waals surface area (Å²) >= 11 is 0. The third-order valence-electron chi connectivity index (χ3n) is 5.27. The SMILES string of the molecule is COc1ccc(N2Cc3nn(-c4ccc(N5CC[C@@H](F)C5)nc4)cc3C2=O)cn1. The average molecular weight is 394 g/mol. The van der Waals surface area contributed by atoms with Crippen molar-refractivity contribution in [3.05, 3.63) is 54.1 Å². The van der Waals surface area contributed by atoms with E-state index in [0.29, 0.717) is 48.9 Å². The van der Waals surface area contributed by atoms with E-state index in [1.807, 2.05) is 17.0 Å². The minimum atomic E-state index is -0.791. The Labute approximate surface area is 166 Å². The number of carbonyl (C=O) groups excluding carboxylic acids is 1. The first-order valence-corrected chi connectivity index (χ1v) is 9.38. The number of carbonyl (C=O) groups is 1. The first-order chi connectivity index (χ1) is 14.1. The Hall–Kier alpha value is -3.49. The lowest BCUT2D eigenvalue weighted by molar-refractivity contribution is 0.0996. The summed E-state index contributed by atoms with van der Waals surface area (Å²) in [5, 5.41) is 4.56. The molecule has 29 heavy (non-hydrogen) atoms. The van der Waals surface area contributed by atoms with E-state index in [-0.39, 0.29) is 5.91 Å². The minimum Gasteiger partial charge on any atom is -0.481 e. The van der Waals surface area contributed by atoms with Crippen LogP contribution in [0.5, 0.6) is 5.88 Å². The lowest BCUT2D eigenvalue weighted by Crippen LogP contribution is -2.24. The maximum Gasteiger partial charge on any atom is 0.262 e. The first kappa shape index (κ1) is 17.6. The summed E-state index contributed by atoms with van der Waals surface area (Å²) in [5.74, 6) is 1.13. The fraction of sp³-hybridized carbons (Fsp3) is 0.300. The van der Waals surface area contributed by atoms with Crippen LogP contribution in [0.3, 0.4) is 0 Å². The number of fused-ring (bicyclic) bond motifs is 1.